The zero-order valence-corrected chi connectivity index (χ0v) is 16.9. The quantitative estimate of drug-likeness (QED) is 0.393. The van der Waals surface area contributed by atoms with Crippen LogP contribution in [0, 0.1) is 0 Å². The van der Waals surface area contributed by atoms with Crippen molar-refractivity contribution in [3.05, 3.63) is 28.8 Å². The van der Waals surface area contributed by atoms with Gasteiger partial charge in [-0.2, -0.15) is 0 Å². The molecule has 0 aliphatic rings. The number of halogens is 2. The third-order valence-electron chi connectivity index (χ3n) is 2.91. The molecule has 0 radical (unpaired) electrons. The fourth-order valence-electron chi connectivity index (χ4n) is 1.67. The van der Waals surface area contributed by atoms with Gasteiger partial charge in [0.25, 0.3) is 0 Å². The van der Waals surface area contributed by atoms with Crippen molar-refractivity contribution in [3.8, 4) is 5.75 Å². The van der Waals surface area contributed by atoms with Gasteiger partial charge in [0.1, 0.15) is 5.75 Å². The summed E-state index contributed by atoms with van der Waals surface area (Å²) in [5.41, 5.74) is 0.919. The van der Waals surface area contributed by atoms with Crippen molar-refractivity contribution in [3.63, 3.8) is 0 Å². The molecule has 0 heterocycles. The number of amides is 1. The third-order valence-corrected chi connectivity index (χ3v) is 3.14. The minimum absolute atomic E-state index is 0. The average Bonchev–Trinajstić information content (AvgIpc) is 2.50. The van der Waals surface area contributed by atoms with Crippen molar-refractivity contribution in [2.45, 2.75) is 13.5 Å². The van der Waals surface area contributed by atoms with Crippen LogP contribution in [0.15, 0.2) is 23.2 Å². The molecule has 0 atom stereocenters. The Labute approximate surface area is 159 Å². The van der Waals surface area contributed by atoms with Crippen LogP contribution in [0.1, 0.15) is 12.5 Å². The zero-order valence-electron chi connectivity index (χ0n) is 13.9. The summed E-state index contributed by atoms with van der Waals surface area (Å²) < 4.78 is 5.29. The van der Waals surface area contributed by atoms with Gasteiger partial charge in [-0.15, -0.1) is 24.0 Å². The van der Waals surface area contributed by atoms with E-state index in [9.17, 15) is 4.79 Å². The van der Waals surface area contributed by atoms with Crippen LogP contribution in [0.3, 0.4) is 0 Å². The monoisotopic (exact) mass is 454 g/mol. The van der Waals surface area contributed by atoms with E-state index in [2.05, 4.69) is 15.6 Å². The number of likely N-dealkylation sites (N-methyl/N-ethyl adjacent to an activating group) is 1. The predicted molar refractivity (Wildman–Crippen MR) is 105 cm³/mol. The molecule has 23 heavy (non-hydrogen) atoms. The lowest BCUT2D eigenvalue weighted by molar-refractivity contribution is -0.127. The molecular weight excluding hydrogens is 431 g/mol. The van der Waals surface area contributed by atoms with Gasteiger partial charge < -0.3 is 20.3 Å². The molecule has 1 aromatic carbocycles. The van der Waals surface area contributed by atoms with Crippen LogP contribution in [0.5, 0.6) is 5.75 Å². The van der Waals surface area contributed by atoms with Gasteiger partial charge in [-0.3, -0.25) is 4.79 Å². The van der Waals surface area contributed by atoms with Gasteiger partial charge in [0.15, 0.2) is 5.96 Å². The van der Waals surface area contributed by atoms with Crippen molar-refractivity contribution in [2.75, 3.05) is 34.3 Å². The van der Waals surface area contributed by atoms with Gasteiger partial charge in [0.2, 0.25) is 5.91 Å². The topological polar surface area (TPSA) is 66.0 Å². The third kappa shape index (κ3) is 7.74. The molecule has 0 spiro atoms. The Morgan fingerprint density at radius 1 is 1.35 bits per heavy atom. The maximum atomic E-state index is 11.6. The minimum Gasteiger partial charge on any atom is -0.496 e. The molecule has 0 aromatic heterocycles. The molecule has 0 unspecified atom stereocenters. The van der Waals surface area contributed by atoms with Crippen LogP contribution in [-0.2, 0) is 11.3 Å². The zero-order chi connectivity index (χ0) is 16.5. The molecule has 6 nitrogen and oxygen atoms in total. The molecule has 1 rings (SSSR count). The number of carbonyl (C=O) groups excluding carboxylic acids is 1. The Bertz CT molecular complexity index is 538. The minimum atomic E-state index is -0.0188. The molecule has 0 aliphatic carbocycles. The van der Waals surface area contributed by atoms with Gasteiger partial charge >= 0.3 is 0 Å². The summed E-state index contributed by atoms with van der Waals surface area (Å²) in [4.78, 5) is 17.6. The van der Waals surface area contributed by atoms with Gasteiger partial charge in [0.05, 0.1) is 20.2 Å². The van der Waals surface area contributed by atoms with Gasteiger partial charge in [-0.05, 0) is 19.1 Å². The lowest BCUT2D eigenvalue weighted by atomic mass is 10.2. The summed E-state index contributed by atoms with van der Waals surface area (Å²) in [6.07, 6.45) is 0. The molecule has 0 bridgehead atoms. The van der Waals surface area contributed by atoms with Crippen LogP contribution >= 0.6 is 35.6 Å². The second-order valence-corrected chi connectivity index (χ2v) is 5.23. The van der Waals surface area contributed by atoms with E-state index in [-0.39, 0.29) is 36.4 Å². The summed E-state index contributed by atoms with van der Waals surface area (Å²) in [5.74, 6) is 1.25. The predicted octanol–water partition coefficient (Wildman–Crippen LogP) is 2.11. The van der Waals surface area contributed by atoms with E-state index in [0.29, 0.717) is 29.8 Å². The van der Waals surface area contributed by atoms with E-state index >= 15 is 0 Å². The molecule has 0 saturated carbocycles. The second-order valence-electron chi connectivity index (χ2n) is 4.79. The lowest BCUT2D eigenvalue weighted by Gasteiger charge is -2.14. The maximum absolute atomic E-state index is 11.6. The summed E-state index contributed by atoms with van der Waals surface area (Å²) in [6.45, 7) is 3.29. The van der Waals surface area contributed by atoms with E-state index in [1.54, 1.807) is 33.3 Å². The summed E-state index contributed by atoms with van der Waals surface area (Å²) in [5, 5.41) is 6.72. The largest absolute Gasteiger partial charge is 0.496 e. The molecular formula is C15H24ClIN4O2. The Balaban J connectivity index is 0.00000484. The van der Waals surface area contributed by atoms with E-state index in [1.165, 1.54) is 4.90 Å². The Morgan fingerprint density at radius 3 is 2.61 bits per heavy atom. The molecule has 130 valence electrons. The van der Waals surface area contributed by atoms with Crippen molar-refractivity contribution in [2.24, 2.45) is 4.99 Å². The van der Waals surface area contributed by atoms with Gasteiger partial charge in [-0.25, -0.2) is 4.99 Å². The first-order valence-corrected chi connectivity index (χ1v) is 7.40. The molecule has 8 heteroatoms. The number of methoxy groups -OCH3 is 1. The summed E-state index contributed by atoms with van der Waals surface area (Å²) in [7, 11) is 5.03. The number of nitrogens with one attached hydrogen (secondary N) is 2. The highest BCUT2D eigenvalue weighted by Crippen LogP contribution is 2.23. The van der Waals surface area contributed by atoms with Crippen LogP contribution in [0.4, 0.5) is 0 Å². The smallest absolute Gasteiger partial charge is 0.241 e. The second kappa shape index (κ2) is 11.3. The first-order valence-electron chi connectivity index (χ1n) is 7.02. The first kappa shape index (κ1) is 21.8. The van der Waals surface area contributed by atoms with Crippen molar-refractivity contribution >= 4 is 47.4 Å². The Kier molecular flexibility index (Phi) is 10.7. The fourth-order valence-corrected chi connectivity index (χ4v) is 1.83. The average molecular weight is 455 g/mol. The molecule has 0 aliphatic heterocycles. The van der Waals surface area contributed by atoms with E-state index in [0.717, 1.165) is 5.56 Å². The van der Waals surface area contributed by atoms with Crippen molar-refractivity contribution in [1.29, 1.82) is 0 Å². The molecule has 0 fully saturated rings. The fraction of sp³-hybridized carbons (Fsp3) is 0.467. The Morgan fingerprint density at radius 2 is 2.04 bits per heavy atom. The Hall–Kier alpha value is -1.22. The number of carbonyl (C=O) groups is 1. The van der Waals surface area contributed by atoms with Gasteiger partial charge in [0, 0.05) is 31.2 Å². The van der Waals surface area contributed by atoms with Crippen molar-refractivity contribution < 1.29 is 9.53 Å². The van der Waals surface area contributed by atoms with Gasteiger partial charge in [-0.1, -0.05) is 17.7 Å². The first-order chi connectivity index (χ1) is 10.5. The summed E-state index contributed by atoms with van der Waals surface area (Å²) in [6, 6.07) is 5.42. The normalized spacial score (nSPS) is 10.6. The SMILES string of the molecule is CCNC(=NCc1ccc(Cl)cc1OC)NCC(=O)N(C)C.I. The number of benzene rings is 1. The molecule has 2 N–H and O–H groups in total. The number of aliphatic imine (C=N–C) groups is 1. The lowest BCUT2D eigenvalue weighted by Crippen LogP contribution is -2.42. The number of nitrogens with zero attached hydrogens (tertiary/aromatic N) is 2. The van der Waals surface area contributed by atoms with Crippen LogP contribution in [0.2, 0.25) is 5.02 Å². The number of guanidine groups is 1. The number of hydrogen-bond acceptors (Lipinski definition) is 3. The summed E-state index contributed by atoms with van der Waals surface area (Å²) >= 11 is 5.94. The molecule has 0 saturated heterocycles. The number of hydrogen-bond donors (Lipinski definition) is 2. The highest BCUT2D eigenvalue weighted by molar-refractivity contribution is 14.0. The number of ether oxygens (including phenoxy) is 1. The van der Waals surface area contributed by atoms with E-state index in [4.69, 9.17) is 16.3 Å². The van der Waals surface area contributed by atoms with Crippen LogP contribution in [-0.4, -0.2) is 51.1 Å². The van der Waals surface area contributed by atoms with E-state index < -0.39 is 0 Å². The highest BCUT2D eigenvalue weighted by Gasteiger charge is 2.07. The standard InChI is InChI=1S/C15H23ClN4O2.HI/c1-5-17-15(19-10-14(21)20(2)3)18-9-11-6-7-12(16)8-13(11)22-4;/h6-8H,5,9-10H2,1-4H3,(H2,17,18,19);1H. The van der Waals surface area contributed by atoms with Crippen LogP contribution in [0.25, 0.3) is 0 Å². The van der Waals surface area contributed by atoms with E-state index in [1.807, 2.05) is 13.0 Å². The van der Waals surface area contributed by atoms with Crippen molar-refractivity contribution in [1.82, 2.24) is 15.5 Å². The molecule has 1 aromatic rings. The van der Waals surface area contributed by atoms with Crippen LogP contribution < -0.4 is 15.4 Å². The number of rotatable bonds is 6. The highest BCUT2D eigenvalue weighted by atomic mass is 127. The molecule has 1 amide bonds. The maximum Gasteiger partial charge on any atom is 0.241 e.